The molecular weight excluding hydrogens is 731 g/mol. The molecule has 4 heteroatoms. The third kappa shape index (κ3) is 4.79. The molecule has 0 N–H and O–H groups in total. The van der Waals surface area contributed by atoms with Gasteiger partial charge >= 0.3 is 0 Å². The Labute approximate surface area is 344 Å². The molecule has 10 aromatic carbocycles. The molecule has 0 aliphatic carbocycles. The van der Waals surface area contributed by atoms with Gasteiger partial charge in [-0.3, -0.25) is 4.57 Å². The van der Waals surface area contributed by atoms with E-state index >= 15 is 0 Å². The average Bonchev–Trinajstić information content (AvgIpc) is 3.88. The highest BCUT2D eigenvalue weighted by molar-refractivity contribution is 6.35. The number of fused-ring (bicyclic) bond motifs is 14. The molecule has 3 aromatic heterocycles. The van der Waals surface area contributed by atoms with E-state index in [1.807, 2.05) is 6.07 Å². The van der Waals surface area contributed by atoms with Crippen LogP contribution in [0.4, 0.5) is 0 Å². The number of hydrogen-bond acceptors (Lipinski definition) is 3. The fourth-order valence-electron chi connectivity index (χ4n) is 9.68. The second-order valence-corrected chi connectivity index (χ2v) is 15.7. The standard InChI is InChI=1S/C56H33N3O/c1-2-13-34(14-3-1)35-25-27-38(28-26-35)53-52-42-19-7-5-16-37(42)30-32-47(52)57-56(58-53)59-48-23-10-8-20-44(48)50-46-33-39(41-22-12-17-36-15-4-6-18-40(36)41)29-31-43(46)51-45-21-9-11-24-49(45)60-55(51)54(50)59/h1-33H. The van der Waals surface area contributed by atoms with E-state index in [4.69, 9.17) is 14.4 Å². The quantitative estimate of drug-likeness (QED) is 0.168. The van der Waals surface area contributed by atoms with Crippen molar-refractivity contribution in [2.75, 3.05) is 0 Å². The summed E-state index contributed by atoms with van der Waals surface area (Å²) in [6.45, 7) is 0. The average molecular weight is 764 g/mol. The molecule has 60 heavy (non-hydrogen) atoms. The van der Waals surface area contributed by atoms with E-state index in [1.54, 1.807) is 0 Å². The van der Waals surface area contributed by atoms with Crippen LogP contribution in [0.2, 0.25) is 0 Å². The molecule has 0 radical (unpaired) electrons. The highest BCUT2D eigenvalue weighted by Gasteiger charge is 2.25. The molecule has 278 valence electrons. The lowest BCUT2D eigenvalue weighted by atomic mass is 9.93. The smallest absolute Gasteiger partial charge is 0.235 e. The van der Waals surface area contributed by atoms with Gasteiger partial charge < -0.3 is 4.42 Å². The van der Waals surface area contributed by atoms with Gasteiger partial charge in [-0.25, -0.2) is 9.97 Å². The van der Waals surface area contributed by atoms with E-state index < -0.39 is 0 Å². The minimum absolute atomic E-state index is 0.595. The first kappa shape index (κ1) is 32.9. The van der Waals surface area contributed by atoms with Crippen LogP contribution in [0, 0.1) is 0 Å². The summed E-state index contributed by atoms with van der Waals surface area (Å²) in [7, 11) is 0. The van der Waals surface area contributed by atoms with E-state index in [0.29, 0.717) is 5.95 Å². The van der Waals surface area contributed by atoms with Crippen LogP contribution in [0.5, 0.6) is 0 Å². The Balaban J connectivity index is 1.16. The van der Waals surface area contributed by atoms with Gasteiger partial charge in [-0.15, -0.1) is 0 Å². The molecule has 0 amide bonds. The van der Waals surface area contributed by atoms with Crippen molar-refractivity contribution < 1.29 is 4.42 Å². The topological polar surface area (TPSA) is 43.9 Å². The zero-order valence-corrected chi connectivity index (χ0v) is 32.3. The molecule has 0 spiro atoms. The summed E-state index contributed by atoms with van der Waals surface area (Å²) >= 11 is 0. The van der Waals surface area contributed by atoms with Crippen LogP contribution in [0.25, 0.3) is 126 Å². The molecule has 0 saturated carbocycles. The largest absolute Gasteiger partial charge is 0.454 e. The highest BCUT2D eigenvalue weighted by atomic mass is 16.3. The summed E-state index contributed by atoms with van der Waals surface area (Å²) in [5.41, 5.74) is 11.1. The predicted molar refractivity (Wildman–Crippen MR) is 250 cm³/mol. The second kappa shape index (κ2) is 12.7. The van der Waals surface area contributed by atoms with Crippen LogP contribution in [0.1, 0.15) is 0 Å². The normalized spacial score (nSPS) is 12.0. The predicted octanol–water partition coefficient (Wildman–Crippen LogP) is 15.1. The van der Waals surface area contributed by atoms with Crippen molar-refractivity contribution in [2.24, 2.45) is 0 Å². The number of rotatable bonds is 4. The third-order valence-electron chi connectivity index (χ3n) is 12.4. The molecule has 13 aromatic rings. The second-order valence-electron chi connectivity index (χ2n) is 15.7. The van der Waals surface area contributed by atoms with Crippen molar-refractivity contribution in [1.82, 2.24) is 14.5 Å². The maximum absolute atomic E-state index is 6.98. The minimum atomic E-state index is 0.595. The van der Waals surface area contributed by atoms with Crippen molar-refractivity contribution in [1.29, 1.82) is 0 Å². The zero-order chi connectivity index (χ0) is 39.3. The van der Waals surface area contributed by atoms with Crippen molar-refractivity contribution in [3.63, 3.8) is 0 Å². The Morgan fingerprint density at radius 1 is 0.383 bits per heavy atom. The van der Waals surface area contributed by atoms with Gasteiger partial charge in [0.1, 0.15) is 11.1 Å². The molecule has 0 bridgehead atoms. The lowest BCUT2D eigenvalue weighted by Gasteiger charge is -2.14. The van der Waals surface area contributed by atoms with Gasteiger partial charge in [0.05, 0.1) is 16.7 Å². The molecule has 0 atom stereocenters. The summed E-state index contributed by atoms with van der Waals surface area (Å²) in [6.07, 6.45) is 0. The van der Waals surface area contributed by atoms with Gasteiger partial charge in [0.2, 0.25) is 5.95 Å². The fourth-order valence-corrected chi connectivity index (χ4v) is 9.68. The molecule has 0 aliphatic rings. The number of para-hydroxylation sites is 2. The van der Waals surface area contributed by atoms with E-state index in [1.165, 1.54) is 27.5 Å². The zero-order valence-electron chi connectivity index (χ0n) is 32.3. The Kier molecular flexibility index (Phi) is 6.98. The van der Waals surface area contributed by atoms with Crippen LogP contribution in [0.15, 0.2) is 205 Å². The van der Waals surface area contributed by atoms with E-state index in [9.17, 15) is 0 Å². The van der Waals surface area contributed by atoms with Gasteiger partial charge in [-0.2, -0.15) is 0 Å². The molecule has 13 rings (SSSR count). The monoisotopic (exact) mass is 763 g/mol. The summed E-state index contributed by atoms with van der Waals surface area (Å²) in [6, 6.07) is 71.3. The third-order valence-corrected chi connectivity index (χ3v) is 12.4. The van der Waals surface area contributed by atoms with Gasteiger partial charge in [0.25, 0.3) is 0 Å². The summed E-state index contributed by atoms with van der Waals surface area (Å²) in [5, 5.41) is 12.5. The van der Waals surface area contributed by atoms with Crippen molar-refractivity contribution in [3.8, 4) is 39.5 Å². The van der Waals surface area contributed by atoms with E-state index in [-0.39, 0.29) is 0 Å². The highest BCUT2D eigenvalue weighted by Crippen LogP contribution is 2.47. The van der Waals surface area contributed by atoms with Crippen molar-refractivity contribution in [2.45, 2.75) is 0 Å². The summed E-state index contributed by atoms with van der Waals surface area (Å²) in [4.78, 5) is 11.1. The van der Waals surface area contributed by atoms with Crippen LogP contribution < -0.4 is 0 Å². The van der Waals surface area contributed by atoms with Gasteiger partial charge in [0.15, 0.2) is 5.58 Å². The Morgan fingerprint density at radius 2 is 1.03 bits per heavy atom. The Bertz CT molecular complexity index is 3870. The SMILES string of the molecule is c1ccc(-c2ccc(-c3nc(-n4c5ccccc5c5c6cc(-c7cccc8ccccc78)ccc6c6c7ccccc7oc6c54)nc4ccc5ccccc5c34)cc2)cc1. The summed E-state index contributed by atoms with van der Waals surface area (Å²) < 4.78 is 9.22. The number of benzene rings is 10. The van der Waals surface area contributed by atoms with E-state index in [2.05, 4.69) is 199 Å². The van der Waals surface area contributed by atoms with Crippen molar-refractivity contribution in [3.05, 3.63) is 200 Å². The number of aromatic nitrogens is 3. The van der Waals surface area contributed by atoms with Gasteiger partial charge in [0, 0.05) is 32.5 Å². The van der Waals surface area contributed by atoms with Gasteiger partial charge in [-0.1, -0.05) is 176 Å². The lowest BCUT2D eigenvalue weighted by molar-refractivity contribution is 0.671. The first-order valence-electron chi connectivity index (χ1n) is 20.4. The lowest BCUT2D eigenvalue weighted by Crippen LogP contribution is -2.04. The Morgan fingerprint density at radius 3 is 1.88 bits per heavy atom. The van der Waals surface area contributed by atoms with Crippen LogP contribution in [-0.2, 0) is 0 Å². The molecule has 4 nitrogen and oxygen atoms in total. The van der Waals surface area contributed by atoms with Crippen LogP contribution in [0.3, 0.4) is 0 Å². The van der Waals surface area contributed by atoms with Crippen LogP contribution in [-0.4, -0.2) is 14.5 Å². The van der Waals surface area contributed by atoms with E-state index in [0.717, 1.165) is 93.0 Å². The molecule has 0 aliphatic heterocycles. The molecule has 3 heterocycles. The number of nitrogens with zero attached hydrogens (tertiary/aromatic N) is 3. The van der Waals surface area contributed by atoms with Gasteiger partial charge in [-0.05, 0) is 78.8 Å². The summed E-state index contributed by atoms with van der Waals surface area (Å²) in [5.74, 6) is 0.595. The number of hydrogen-bond donors (Lipinski definition) is 0. The Hall–Kier alpha value is -8.08. The first-order valence-corrected chi connectivity index (χ1v) is 20.4. The molecular formula is C56H33N3O. The van der Waals surface area contributed by atoms with Crippen LogP contribution >= 0.6 is 0 Å². The fraction of sp³-hybridized carbons (Fsp3) is 0. The minimum Gasteiger partial charge on any atom is -0.454 e. The maximum Gasteiger partial charge on any atom is 0.235 e. The molecule has 0 saturated heterocycles. The molecule has 0 fully saturated rings. The number of furan rings is 1. The molecule has 0 unspecified atom stereocenters. The first-order chi connectivity index (χ1) is 29.8. The maximum atomic E-state index is 6.98. The van der Waals surface area contributed by atoms with Crippen molar-refractivity contribution >= 4 is 87.0 Å².